The number of hydrogen-bond donors (Lipinski definition) is 0. The third-order valence-electron chi connectivity index (χ3n) is 7.12. The Morgan fingerprint density at radius 3 is 1.06 bits per heavy atom. The predicted molar refractivity (Wildman–Crippen MR) is 165 cm³/mol. The fourth-order valence-electron chi connectivity index (χ4n) is 5.06. The lowest BCUT2D eigenvalue weighted by molar-refractivity contribution is 0.590. The highest BCUT2D eigenvalue weighted by Crippen LogP contribution is 2.46. The quantitative estimate of drug-likeness (QED) is 0.177. The van der Waals surface area contributed by atoms with Crippen LogP contribution in [-0.2, 0) is 10.8 Å². The van der Waals surface area contributed by atoms with Crippen molar-refractivity contribution in [1.82, 2.24) is 0 Å². The number of benzene rings is 5. The molecule has 0 nitrogen and oxygen atoms in total. The van der Waals surface area contributed by atoms with E-state index >= 15 is 0 Å². The zero-order chi connectivity index (χ0) is 25.8. The minimum absolute atomic E-state index is 0.115. The summed E-state index contributed by atoms with van der Waals surface area (Å²) >= 11 is 7.51. The average Bonchev–Trinajstić information content (AvgIpc) is 2.82. The molecule has 2 heteroatoms. The van der Waals surface area contributed by atoms with Gasteiger partial charge in [-0.05, 0) is 90.0 Å². The van der Waals surface area contributed by atoms with E-state index in [9.17, 15) is 0 Å². The summed E-state index contributed by atoms with van der Waals surface area (Å²) in [5.74, 6) is 0. The third-order valence-corrected chi connectivity index (χ3v) is 8.11. The first-order valence-electron chi connectivity index (χ1n) is 12.5. The Morgan fingerprint density at radius 1 is 0.417 bits per heavy atom. The van der Waals surface area contributed by atoms with Crippen molar-refractivity contribution in [2.75, 3.05) is 0 Å². The lowest BCUT2D eigenvalue weighted by atomic mass is 9.82. The average molecular weight is 600 g/mol. The van der Waals surface area contributed by atoms with E-state index in [0.29, 0.717) is 0 Å². The van der Waals surface area contributed by atoms with E-state index in [-0.39, 0.29) is 10.8 Å². The molecule has 0 saturated heterocycles. The molecule has 5 aromatic carbocycles. The summed E-state index contributed by atoms with van der Waals surface area (Å²) < 4.78 is 2.18. The van der Waals surface area contributed by atoms with E-state index in [2.05, 4.69) is 158 Å². The normalized spacial score (nSPS) is 12.4. The van der Waals surface area contributed by atoms with E-state index in [1.54, 1.807) is 0 Å². The summed E-state index contributed by atoms with van der Waals surface area (Å²) in [6.45, 7) is 13.6. The molecule has 0 unspecified atom stereocenters. The molecular weight excluding hydrogens is 568 g/mol. The maximum Gasteiger partial charge on any atom is 0.0181 e. The van der Waals surface area contributed by atoms with Crippen LogP contribution in [0.2, 0.25) is 0 Å². The van der Waals surface area contributed by atoms with Crippen molar-refractivity contribution in [2.45, 2.75) is 52.4 Å². The summed E-state index contributed by atoms with van der Waals surface area (Å²) in [5, 5.41) is 5.06. The maximum atomic E-state index is 3.76. The minimum Gasteiger partial charge on any atom is -0.0579 e. The van der Waals surface area contributed by atoms with Crippen molar-refractivity contribution in [3.8, 4) is 22.3 Å². The van der Waals surface area contributed by atoms with E-state index in [1.807, 2.05) is 0 Å². The Hall–Kier alpha value is -2.42. The van der Waals surface area contributed by atoms with E-state index in [0.717, 1.165) is 8.95 Å². The Morgan fingerprint density at radius 2 is 0.750 bits per heavy atom. The van der Waals surface area contributed by atoms with Gasteiger partial charge in [0.05, 0.1) is 0 Å². The minimum atomic E-state index is 0.115. The van der Waals surface area contributed by atoms with Crippen LogP contribution in [0.25, 0.3) is 43.8 Å². The first-order chi connectivity index (χ1) is 16.9. The topological polar surface area (TPSA) is 0 Å². The van der Waals surface area contributed by atoms with Gasteiger partial charge >= 0.3 is 0 Å². The van der Waals surface area contributed by atoms with Gasteiger partial charge in [0.15, 0.2) is 0 Å². The van der Waals surface area contributed by atoms with E-state index in [1.165, 1.54) is 54.9 Å². The molecule has 182 valence electrons. The Kier molecular flexibility index (Phi) is 6.42. The maximum absolute atomic E-state index is 3.76. The van der Waals surface area contributed by atoms with Gasteiger partial charge < -0.3 is 0 Å². The molecule has 0 aliphatic rings. The Labute approximate surface area is 232 Å². The van der Waals surface area contributed by atoms with Crippen molar-refractivity contribution < 1.29 is 0 Å². The highest BCUT2D eigenvalue weighted by molar-refractivity contribution is 9.10. The molecule has 0 amide bonds. The molecule has 0 N–H and O–H groups in total. The van der Waals surface area contributed by atoms with Gasteiger partial charge in [-0.3, -0.25) is 0 Å². The fourth-order valence-corrected chi connectivity index (χ4v) is 5.78. The molecule has 0 fully saturated rings. The second kappa shape index (κ2) is 9.15. The molecule has 0 heterocycles. The van der Waals surface area contributed by atoms with E-state index in [4.69, 9.17) is 0 Å². The molecule has 0 bridgehead atoms. The summed E-state index contributed by atoms with van der Waals surface area (Å²) in [5.41, 5.74) is 7.95. The smallest absolute Gasteiger partial charge is 0.0181 e. The van der Waals surface area contributed by atoms with Crippen LogP contribution in [0.3, 0.4) is 0 Å². The largest absolute Gasteiger partial charge is 0.0579 e. The molecule has 36 heavy (non-hydrogen) atoms. The summed E-state index contributed by atoms with van der Waals surface area (Å²) in [7, 11) is 0. The molecule has 5 aromatic rings. The number of fused-ring (bicyclic) bond motifs is 3. The van der Waals surface area contributed by atoms with Crippen molar-refractivity contribution >= 4 is 53.4 Å². The van der Waals surface area contributed by atoms with Crippen LogP contribution in [0.15, 0.2) is 93.9 Å². The molecule has 0 aromatic heterocycles. The van der Waals surface area contributed by atoms with Gasteiger partial charge in [0.1, 0.15) is 0 Å². The summed E-state index contributed by atoms with van der Waals surface area (Å²) in [6, 6.07) is 31.7. The fraction of sp³-hybridized carbons (Fsp3) is 0.235. The first kappa shape index (κ1) is 25.2. The molecule has 0 saturated carbocycles. The lowest BCUT2D eigenvalue weighted by Gasteiger charge is -2.23. The third kappa shape index (κ3) is 4.66. The lowest BCUT2D eigenvalue weighted by Crippen LogP contribution is -2.10. The highest BCUT2D eigenvalue weighted by atomic mass is 79.9. The van der Waals surface area contributed by atoms with Gasteiger partial charge in [-0.1, -0.05) is 134 Å². The molecule has 0 radical (unpaired) electrons. The molecule has 0 atom stereocenters. The second-order valence-corrected chi connectivity index (χ2v) is 13.6. The van der Waals surface area contributed by atoms with Gasteiger partial charge in [-0.25, -0.2) is 0 Å². The molecule has 0 spiro atoms. The van der Waals surface area contributed by atoms with E-state index < -0.39 is 0 Å². The van der Waals surface area contributed by atoms with Crippen LogP contribution < -0.4 is 0 Å². The van der Waals surface area contributed by atoms with Crippen LogP contribution in [0.1, 0.15) is 52.7 Å². The van der Waals surface area contributed by atoms with Gasteiger partial charge in [0.25, 0.3) is 0 Å². The molecular formula is C34H32Br2. The van der Waals surface area contributed by atoms with Gasteiger partial charge in [0, 0.05) is 8.95 Å². The number of halogens is 2. The van der Waals surface area contributed by atoms with Crippen LogP contribution in [0.4, 0.5) is 0 Å². The second-order valence-electron chi connectivity index (χ2n) is 11.8. The zero-order valence-electron chi connectivity index (χ0n) is 21.8. The molecule has 0 aliphatic heterocycles. The Balaban J connectivity index is 1.91. The first-order valence-corrected chi connectivity index (χ1v) is 14.1. The predicted octanol–water partition coefficient (Wildman–Crippen LogP) is 11.4. The highest BCUT2D eigenvalue weighted by Gasteiger charge is 2.21. The summed E-state index contributed by atoms with van der Waals surface area (Å²) in [6.07, 6.45) is 0. The summed E-state index contributed by atoms with van der Waals surface area (Å²) in [4.78, 5) is 0. The van der Waals surface area contributed by atoms with Gasteiger partial charge in [-0.15, -0.1) is 0 Å². The molecule has 5 rings (SSSR count). The number of rotatable bonds is 2. The van der Waals surface area contributed by atoms with Crippen molar-refractivity contribution in [3.05, 3.63) is 105 Å². The van der Waals surface area contributed by atoms with Crippen LogP contribution in [0, 0.1) is 0 Å². The monoisotopic (exact) mass is 598 g/mol. The van der Waals surface area contributed by atoms with Crippen molar-refractivity contribution in [3.63, 3.8) is 0 Å². The van der Waals surface area contributed by atoms with Gasteiger partial charge in [0.2, 0.25) is 0 Å². The van der Waals surface area contributed by atoms with Gasteiger partial charge in [-0.2, -0.15) is 0 Å². The molecule has 0 aliphatic carbocycles. The van der Waals surface area contributed by atoms with Crippen LogP contribution in [-0.4, -0.2) is 0 Å². The van der Waals surface area contributed by atoms with Crippen LogP contribution in [0.5, 0.6) is 0 Å². The standard InChI is InChI=1S/C34H32Br2/c1-33(2,3)23-11-7-21(8-12-23)31-29-19-25(35)15-17-27(29)28-18-16-26(36)20-30(28)32(31)22-9-13-24(14-10-22)34(4,5)6/h7-20H,1-6H3. The van der Waals surface area contributed by atoms with Crippen molar-refractivity contribution in [1.29, 1.82) is 0 Å². The number of hydrogen-bond acceptors (Lipinski definition) is 0. The Bertz CT molecular complexity index is 1450. The SMILES string of the molecule is CC(C)(C)c1ccc(-c2c(-c3ccc(C(C)(C)C)cc3)c3cc(Br)ccc3c3ccc(Br)cc23)cc1. The van der Waals surface area contributed by atoms with Crippen LogP contribution >= 0.6 is 31.9 Å². The van der Waals surface area contributed by atoms with Crippen molar-refractivity contribution in [2.24, 2.45) is 0 Å². The zero-order valence-corrected chi connectivity index (χ0v) is 25.0.